The minimum Gasteiger partial charge on any atom is -0.466 e. The number of rotatable bonds is 7. The molecule has 1 aromatic heterocycles. The standard InChI is InChI=1S/C14H17N5O3/c1-2-22-12(20)8-9-15-14(21)13-16-17-18-19(13)10-11-6-4-3-5-7-11/h3-7H,2,8-10H2,1H3,(H,15,21). The molecule has 1 heterocycles. The predicted octanol–water partition coefficient (Wildman–Crippen LogP) is 0.404. The van der Waals surface area contributed by atoms with E-state index in [4.69, 9.17) is 4.74 Å². The molecule has 116 valence electrons. The van der Waals surface area contributed by atoms with Crippen LogP contribution >= 0.6 is 0 Å². The van der Waals surface area contributed by atoms with Crippen molar-refractivity contribution in [1.29, 1.82) is 0 Å². The summed E-state index contributed by atoms with van der Waals surface area (Å²) in [5.74, 6) is -0.676. The summed E-state index contributed by atoms with van der Waals surface area (Å²) in [6.07, 6.45) is 0.111. The number of nitrogens with zero attached hydrogens (tertiary/aromatic N) is 4. The van der Waals surface area contributed by atoms with Gasteiger partial charge in [0, 0.05) is 6.54 Å². The Morgan fingerprint density at radius 2 is 2.05 bits per heavy atom. The lowest BCUT2D eigenvalue weighted by Gasteiger charge is -2.06. The van der Waals surface area contributed by atoms with Crippen molar-refractivity contribution in [2.75, 3.05) is 13.2 Å². The van der Waals surface area contributed by atoms with Crippen molar-refractivity contribution in [1.82, 2.24) is 25.5 Å². The van der Waals surface area contributed by atoms with E-state index in [0.717, 1.165) is 5.56 Å². The molecule has 8 heteroatoms. The molecule has 0 aliphatic heterocycles. The number of esters is 1. The first-order chi connectivity index (χ1) is 10.7. The van der Waals surface area contributed by atoms with Crippen molar-refractivity contribution >= 4 is 11.9 Å². The molecule has 0 atom stereocenters. The van der Waals surface area contributed by atoms with Crippen molar-refractivity contribution in [3.8, 4) is 0 Å². The van der Waals surface area contributed by atoms with Crippen LogP contribution in [0.4, 0.5) is 0 Å². The topological polar surface area (TPSA) is 99.0 Å². The average Bonchev–Trinajstić information content (AvgIpc) is 2.96. The fourth-order valence-corrected chi connectivity index (χ4v) is 1.82. The maximum absolute atomic E-state index is 12.0. The summed E-state index contributed by atoms with van der Waals surface area (Å²) in [6.45, 7) is 2.63. The van der Waals surface area contributed by atoms with Gasteiger partial charge >= 0.3 is 5.97 Å². The molecule has 1 N–H and O–H groups in total. The Morgan fingerprint density at radius 3 is 2.77 bits per heavy atom. The molecule has 22 heavy (non-hydrogen) atoms. The quantitative estimate of drug-likeness (QED) is 0.744. The van der Waals surface area contributed by atoms with Gasteiger partial charge in [-0.3, -0.25) is 9.59 Å². The van der Waals surface area contributed by atoms with Crippen LogP contribution in [0, 0.1) is 0 Å². The Bertz CT molecular complexity index is 626. The third-order valence-electron chi connectivity index (χ3n) is 2.83. The molecular formula is C14H17N5O3. The zero-order valence-corrected chi connectivity index (χ0v) is 12.2. The average molecular weight is 303 g/mol. The van der Waals surface area contributed by atoms with Gasteiger partial charge in [-0.1, -0.05) is 30.3 Å². The van der Waals surface area contributed by atoms with Crippen LogP contribution < -0.4 is 5.32 Å². The number of carbonyl (C=O) groups excluding carboxylic acids is 2. The van der Waals surface area contributed by atoms with Crippen LogP contribution in [0.15, 0.2) is 30.3 Å². The molecule has 0 aliphatic carbocycles. The summed E-state index contributed by atoms with van der Waals surface area (Å²) in [6, 6.07) is 9.55. The molecule has 0 saturated heterocycles. The van der Waals surface area contributed by atoms with Crippen molar-refractivity contribution in [2.24, 2.45) is 0 Å². The Balaban J connectivity index is 1.91. The maximum atomic E-state index is 12.0. The van der Waals surface area contributed by atoms with Crippen molar-refractivity contribution < 1.29 is 14.3 Å². The molecule has 8 nitrogen and oxygen atoms in total. The van der Waals surface area contributed by atoms with E-state index in [-0.39, 0.29) is 24.8 Å². The highest BCUT2D eigenvalue weighted by Crippen LogP contribution is 2.02. The smallest absolute Gasteiger partial charge is 0.307 e. The van der Waals surface area contributed by atoms with Crippen LogP contribution in [0.25, 0.3) is 0 Å². The van der Waals surface area contributed by atoms with Gasteiger partial charge in [0.05, 0.1) is 19.6 Å². The van der Waals surface area contributed by atoms with E-state index < -0.39 is 5.91 Å². The summed E-state index contributed by atoms with van der Waals surface area (Å²) in [5, 5.41) is 13.6. The molecule has 0 spiro atoms. The van der Waals surface area contributed by atoms with Crippen LogP contribution in [0.3, 0.4) is 0 Å². The largest absolute Gasteiger partial charge is 0.466 e. The highest BCUT2D eigenvalue weighted by atomic mass is 16.5. The zero-order chi connectivity index (χ0) is 15.8. The monoisotopic (exact) mass is 303 g/mol. The molecule has 0 saturated carbocycles. The van der Waals surface area contributed by atoms with E-state index in [2.05, 4.69) is 20.8 Å². The number of amides is 1. The summed E-state index contributed by atoms with van der Waals surface area (Å²) in [4.78, 5) is 23.2. The Morgan fingerprint density at radius 1 is 1.27 bits per heavy atom. The molecule has 0 radical (unpaired) electrons. The molecule has 1 aromatic carbocycles. The highest BCUT2D eigenvalue weighted by Gasteiger charge is 2.15. The lowest BCUT2D eigenvalue weighted by Crippen LogP contribution is -2.29. The van der Waals surface area contributed by atoms with Gasteiger partial charge in [0.15, 0.2) is 0 Å². The summed E-state index contributed by atoms with van der Waals surface area (Å²) in [5.41, 5.74) is 0.982. The van der Waals surface area contributed by atoms with Crippen molar-refractivity contribution in [3.63, 3.8) is 0 Å². The van der Waals surface area contributed by atoms with Gasteiger partial charge in [-0.2, -0.15) is 0 Å². The summed E-state index contributed by atoms with van der Waals surface area (Å²) < 4.78 is 6.19. The molecule has 2 rings (SSSR count). The minimum absolute atomic E-state index is 0.104. The first-order valence-electron chi connectivity index (χ1n) is 6.94. The van der Waals surface area contributed by atoms with Gasteiger partial charge in [0.1, 0.15) is 0 Å². The Hall–Kier alpha value is -2.77. The van der Waals surface area contributed by atoms with Crippen LogP contribution in [0.5, 0.6) is 0 Å². The van der Waals surface area contributed by atoms with E-state index in [9.17, 15) is 9.59 Å². The van der Waals surface area contributed by atoms with Crippen molar-refractivity contribution in [3.05, 3.63) is 41.7 Å². The first-order valence-corrected chi connectivity index (χ1v) is 6.94. The fraction of sp³-hybridized carbons (Fsp3) is 0.357. The Kier molecular flexibility index (Phi) is 5.58. The lowest BCUT2D eigenvalue weighted by atomic mass is 10.2. The van der Waals surface area contributed by atoms with Gasteiger partial charge in [-0.25, -0.2) is 4.68 Å². The predicted molar refractivity (Wildman–Crippen MR) is 76.9 cm³/mol. The van der Waals surface area contributed by atoms with Gasteiger partial charge in [-0.15, -0.1) is 5.10 Å². The molecule has 0 bridgehead atoms. The second kappa shape index (κ2) is 7.87. The lowest BCUT2D eigenvalue weighted by molar-refractivity contribution is -0.142. The molecular weight excluding hydrogens is 286 g/mol. The summed E-state index contributed by atoms with van der Waals surface area (Å²) in [7, 11) is 0. The third kappa shape index (κ3) is 4.37. The first kappa shape index (κ1) is 15.6. The number of ether oxygens (including phenoxy) is 1. The van der Waals surface area contributed by atoms with E-state index in [1.807, 2.05) is 30.3 Å². The van der Waals surface area contributed by atoms with Gasteiger partial charge in [-0.05, 0) is 22.9 Å². The van der Waals surface area contributed by atoms with Crippen molar-refractivity contribution in [2.45, 2.75) is 19.9 Å². The number of nitrogens with one attached hydrogen (secondary N) is 1. The number of aromatic nitrogens is 4. The maximum Gasteiger partial charge on any atom is 0.307 e. The zero-order valence-electron chi connectivity index (χ0n) is 12.2. The second-order valence-electron chi connectivity index (χ2n) is 4.46. The number of tetrazole rings is 1. The molecule has 2 aromatic rings. The van der Waals surface area contributed by atoms with E-state index >= 15 is 0 Å². The number of benzene rings is 1. The highest BCUT2D eigenvalue weighted by molar-refractivity contribution is 5.90. The fourth-order valence-electron chi connectivity index (χ4n) is 1.82. The molecule has 0 unspecified atom stereocenters. The molecule has 0 aliphatic rings. The third-order valence-corrected chi connectivity index (χ3v) is 2.83. The second-order valence-corrected chi connectivity index (χ2v) is 4.46. The number of hydrogen-bond acceptors (Lipinski definition) is 6. The van der Waals surface area contributed by atoms with Crippen LogP contribution in [-0.4, -0.2) is 45.2 Å². The normalized spacial score (nSPS) is 10.2. The molecule has 0 fully saturated rings. The van der Waals surface area contributed by atoms with Gasteiger partial charge in [0.25, 0.3) is 5.91 Å². The van der Waals surface area contributed by atoms with E-state index in [1.54, 1.807) is 6.92 Å². The van der Waals surface area contributed by atoms with Gasteiger partial charge in [0.2, 0.25) is 5.82 Å². The number of carbonyl (C=O) groups is 2. The molecule has 1 amide bonds. The van der Waals surface area contributed by atoms with Gasteiger partial charge < -0.3 is 10.1 Å². The minimum atomic E-state index is -0.426. The van der Waals surface area contributed by atoms with E-state index in [1.165, 1.54) is 4.68 Å². The van der Waals surface area contributed by atoms with Crippen LogP contribution in [0.2, 0.25) is 0 Å². The van der Waals surface area contributed by atoms with E-state index in [0.29, 0.717) is 13.2 Å². The summed E-state index contributed by atoms with van der Waals surface area (Å²) >= 11 is 0. The van der Waals surface area contributed by atoms with Crippen LogP contribution in [0.1, 0.15) is 29.5 Å². The SMILES string of the molecule is CCOC(=O)CCNC(=O)c1nnnn1Cc1ccccc1. The van der Waals surface area contributed by atoms with Crippen LogP contribution in [-0.2, 0) is 16.1 Å². The number of hydrogen-bond donors (Lipinski definition) is 1. The Labute approximate surface area is 127 Å².